The van der Waals surface area contributed by atoms with Gasteiger partial charge in [-0.25, -0.2) is 9.67 Å². The summed E-state index contributed by atoms with van der Waals surface area (Å²) >= 11 is 0. The molecular formula is C17H15N5O2. The van der Waals surface area contributed by atoms with E-state index in [1.165, 1.54) is 12.1 Å². The van der Waals surface area contributed by atoms with Crippen LogP contribution < -0.4 is 5.32 Å². The SMILES string of the molecule is O=[N+]([O-])c1ccc(-c2nn(-c3ccccn3)c3c2CNCC3)cc1. The van der Waals surface area contributed by atoms with Gasteiger partial charge in [0.2, 0.25) is 0 Å². The first-order chi connectivity index (χ1) is 11.7. The molecule has 0 radical (unpaired) electrons. The molecule has 1 aliphatic rings. The largest absolute Gasteiger partial charge is 0.312 e. The van der Waals surface area contributed by atoms with Gasteiger partial charge >= 0.3 is 0 Å². The van der Waals surface area contributed by atoms with Crippen molar-refractivity contribution in [3.8, 4) is 17.1 Å². The lowest BCUT2D eigenvalue weighted by atomic mass is 10.0. The first-order valence-electron chi connectivity index (χ1n) is 7.72. The Balaban J connectivity index is 1.84. The van der Waals surface area contributed by atoms with Crippen LogP contribution in [0.2, 0.25) is 0 Å². The van der Waals surface area contributed by atoms with Gasteiger partial charge in [0.1, 0.15) is 0 Å². The number of fused-ring (bicyclic) bond motifs is 1. The molecule has 7 nitrogen and oxygen atoms in total. The number of aromatic nitrogens is 3. The Kier molecular flexibility index (Phi) is 3.55. The molecule has 0 spiro atoms. The van der Waals surface area contributed by atoms with Crippen LogP contribution in [-0.4, -0.2) is 26.2 Å². The first-order valence-corrected chi connectivity index (χ1v) is 7.72. The maximum Gasteiger partial charge on any atom is 0.269 e. The minimum atomic E-state index is -0.396. The van der Waals surface area contributed by atoms with E-state index in [4.69, 9.17) is 5.10 Å². The number of nitro benzene ring substituents is 1. The normalized spacial score (nSPS) is 13.5. The third kappa shape index (κ3) is 2.44. The Bertz CT molecular complexity index is 887. The van der Waals surface area contributed by atoms with Crippen LogP contribution in [0.4, 0.5) is 5.69 Å². The van der Waals surface area contributed by atoms with Crippen molar-refractivity contribution >= 4 is 5.69 Å². The van der Waals surface area contributed by atoms with Crippen molar-refractivity contribution in [2.75, 3.05) is 6.54 Å². The molecule has 0 unspecified atom stereocenters. The summed E-state index contributed by atoms with van der Waals surface area (Å²) in [5, 5.41) is 19.0. The quantitative estimate of drug-likeness (QED) is 0.591. The van der Waals surface area contributed by atoms with Gasteiger partial charge in [-0.05, 0) is 24.3 Å². The summed E-state index contributed by atoms with van der Waals surface area (Å²) in [6.45, 7) is 1.62. The molecule has 3 heterocycles. The number of nitrogens with zero attached hydrogens (tertiary/aromatic N) is 4. The minimum absolute atomic E-state index is 0.0786. The highest BCUT2D eigenvalue weighted by molar-refractivity contribution is 5.66. The lowest BCUT2D eigenvalue weighted by Crippen LogP contribution is -2.24. The van der Waals surface area contributed by atoms with Crippen molar-refractivity contribution < 1.29 is 4.92 Å². The van der Waals surface area contributed by atoms with Crippen molar-refractivity contribution in [2.45, 2.75) is 13.0 Å². The molecule has 7 heteroatoms. The van der Waals surface area contributed by atoms with Gasteiger partial charge in [-0.3, -0.25) is 10.1 Å². The number of benzene rings is 1. The van der Waals surface area contributed by atoms with E-state index in [0.29, 0.717) is 0 Å². The van der Waals surface area contributed by atoms with Crippen LogP contribution in [-0.2, 0) is 13.0 Å². The zero-order valence-corrected chi connectivity index (χ0v) is 12.8. The summed E-state index contributed by atoms with van der Waals surface area (Å²) in [6.07, 6.45) is 2.61. The standard InChI is InChI=1S/C17H15N5O2/c23-22(24)13-6-4-12(5-7-13)17-14-11-18-10-8-15(14)21(20-17)16-3-1-2-9-19-16/h1-7,9,18H,8,10-11H2. The van der Waals surface area contributed by atoms with Crippen molar-refractivity contribution in [2.24, 2.45) is 0 Å². The molecule has 0 bridgehead atoms. The Morgan fingerprint density at radius 2 is 2.00 bits per heavy atom. The van der Waals surface area contributed by atoms with E-state index in [1.807, 2.05) is 22.9 Å². The number of non-ortho nitro benzene ring substituents is 1. The van der Waals surface area contributed by atoms with Gasteiger partial charge in [0.15, 0.2) is 5.82 Å². The molecule has 120 valence electrons. The Morgan fingerprint density at radius 3 is 2.71 bits per heavy atom. The van der Waals surface area contributed by atoms with E-state index in [-0.39, 0.29) is 5.69 Å². The molecule has 24 heavy (non-hydrogen) atoms. The topological polar surface area (TPSA) is 85.9 Å². The van der Waals surface area contributed by atoms with Gasteiger partial charge < -0.3 is 5.32 Å². The van der Waals surface area contributed by atoms with Crippen LogP contribution in [0.25, 0.3) is 17.1 Å². The number of rotatable bonds is 3. The van der Waals surface area contributed by atoms with Crippen molar-refractivity contribution in [1.29, 1.82) is 0 Å². The number of nitro groups is 1. The summed E-state index contributed by atoms with van der Waals surface area (Å²) in [5.74, 6) is 0.781. The van der Waals surface area contributed by atoms with Crippen LogP contribution in [0.5, 0.6) is 0 Å². The molecule has 1 aromatic carbocycles. The van der Waals surface area contributed by atoms with Crippen LogP contribution in [0.15, 0.2) is 48.7 Å². The molecule has 4 rings (SSSR count). The summed E-state index contributed by atoms with van der Waals surface area (Å²) in [4.78, 5) is 14.8. The highest BCUT2D eigenvalue weighted by Gasteiger charge is 2.23. The predicted molar refractivity (Wildman–Crippen MR) is 88.9 cm³/mol. The fourth-order valence-electron chi connectivity index (χ4n) is 2.99. The van der Waals surface area contributed by atoms with Crippen LogP contribution in [0, 0.1) is 10.1 Å². The summed E-state index contributed by atoms with van der Waals surface area (Å²) in [6, 6.07) is 12.3. The first kappa shape index (κ1) is 14.5. The zero-order valence-electron chi connectivity index (χ0n) is 12.8. The lowest BCUT2D eigenvalue weighted by Gasteiger charge is -2.15. The Morgan fingerprint density at radius 1 is 1.17 bits per heavy atom. The maximum absolute atomic E-state index is 10.8. The fraction of sp³-hybridized carbons (Fsp3) is 0.176. The van der Waals surface area contributed by atoms with Gasteiger partial charge in [0.25, 0.3) is 5.69 Å². The number of hydrogen-bond acceptors (Lipinski definition) is 5. The Hall–Kier alpha value is -3.06. The predicted octanol–water partition coefficient (Wildman–Crippen LogP) is 2.49. The second-order valence-electron chi connectivity index (χ2n) is 5.60. The molecule has 0 amide bonds. The number of pyridine rings is 1. The van der Waals surface area contributed by atoms with Gasteiger partial charge in [-0.2, -0.15) is 5.10 Å². The average molecular weight is 321 g/mol. The fourth-order valence-corrected chi connectivity index (χ4v) is 2.99. The third-order valence-corrected chi connectivity index (χ3v) is 4.15. The second kappa shape index (κ2) is 5.86. The van der Waals surface area contributed by atoms with E-state index in [9.17, 15) is 10.1 Å². The highest BCUT2D eigenvalue weighted by atomic mass is 16.6. The summed E-state index contributed by atoms with van der Waals surface area (Å²) < 4.78 is 1.88. The lowest BCUT2D eigenvalue weighted by molar-refractivity contribution is -0.384. The van der Waals surface area contributed by atoms with E-state index >= 15 is 0 Å². The van der Waals surface area contributed by atoms with Crippen molar-refractivity contribution in [3.05, 3.63) is 70.0 Å². The zero-order chi connectivity index (χ0) is 16.5. The van der Waals surface area contributed by atoms with Gasteiger partial charge in [-0.15, -0.1) is 0 Å². The molecule has 0 saturated carbocycles. The van der Waals surface area contributed by atoms with E-state index in [2.05, 4.69) is 10.3 Å². The Labute approximate surface area is 138 Å². The smallest absolute Gasteiger partial charge is 0.269 e. The molecule has 0 fully saturated rings. The van der Waals surface area contributed by atoms with Crippen molar-refractivity contribution in [1.82, 2.24) is 20.1 Å². The van der Waals surface area contributed by atoms with Crippen molar-refractivity contribution in [3.63, 3.8) is 0 Å². The molecule has 1 aliphatic heterocycles. The average Bonchev–Trinajstić information content (AvgIpc) is 3.02. The van der Waals surface area contributed by atoms with Crippen LogP contribution in [0.1, 0.15) is 11.3 Å². The van der Waals surface area contributed by atoms with Gasteiger partial charge in [0.05, 0.1) is 16.3 Å². The van der Waals surface area contributed by atoms with Crippen LogP contribution >= 0.6 is 0 Å². The molecule has 3 aromatic rings. The maximum atomic E-state index is 10.8. The summed E-state index contributed by atoms with van der Waals surface area (Å²) in [7, 11) is 0. The molecular weight excluding hydrogens is 306 g/mol. The van der Waals surface area contributed by atoms with E-state index in [1.54, 1.807) is 18.3 Å². The molecule has 0 atom stereocenters. The monoisotopic (exact) mass is 321 g/mol. The van der Waals surface area contributed by atoms with Crippen LogP contribution in [0.3, 0.4) is 0 Å². The number of nitrogens with one attached hydrogen (secondary N) is 1. The molecule has 0 aliphatic carbocycles. The third-order valence-electron chi connectivity index (χ3n) is 4.15. The molecule has 2 aromatic heterocycles. The van der Waals surface area contributed by atoms with Gasteiger partial charge in [-0.1, -0.05) is 6.07 Å². The molecule has 1 N–H and O–H groups in total. The molecule has 0 saturated heterocycles. The van der Waals surface area contributed by atoms with E-state index in [0.717, 1.165) is 47.8 Å². The van der Waals surface area contributed by atoms with Gasteiger partial charge in [0, 0.05) is 49.0 Å². The summed E-state index contributed by atoms with van der Waals surface area (Å²) in [5.41, 5.74) is 4.06. The minimum Gasteiger partial charge on any atom is -0.312 e. The van der Waals surface area contributed by atoms with E-state index < -0.39 is 4.92 Å². The second-order valence-corrected chi connectivity index (χ2v) is 5.60. The number of hydrogen-bond donors (Lipinski definition) is 1. The highest BCUT2D eigenvalue weighted by Crippen LogP contribution is 2.30.